The lowest BCUT2D eigenvalue weighted by atomic mass is 11.4. The maximum Gasteiger partial charge on any atom is 0.241 e. The third kappa shape index (κ3) is 3.95. The molecule has 0 saturated carbocycles. The van der Waals surface area contributed by atoms with E-state index in [1.807, 2.05) is 0 Å². The van der Waals surface area contributed by atoms with Crippen LogP contribution in [0.4, 0.5) is 0 Å². The molecule has 0 N–H and O–H groups in total. The number of rotatable bonds is 0. The average molecular weight is 166 g/mol. The summed E-state index contributed by atoms with van der Waals surface area (Å²) in [5.74, 6) is 0. The number of hydrogen-bond acceptors (Lipinski definition) is 2. The summed E-state index contributed by atoms with van der Waals surface area (Å²) in [4.78, 5) is 12.2. The number of halogens is 1. The molecule has 0 bridgehead atoms. The minimum absolute atomic E-state index is 0.137. The Balaban J connectivity index is 3.60. The van der Waals surface area contributed by atoms with Gasteiger partial charge in [0.2, 0.25) is 6.08 Å². The van der Waals surface area contributed by atoms with Crippen LogP contribution in [0.2, 0.25) is 0 Å². The molecule has 0 aromatic carbocycles. The van der Waals surface area contributed by atoms with Crippen LogP contribution in [0.3, 0.4) is 0 Å². The van der Waals surface area contributed by atoms with E-state index in [0.29, 0.717) is 0 Å². The van der Waals surface area contributed by atoms with E-state index < -0.39 is 0 Å². The number of thiocarbonyl (C=S) groups is 1. The van der Waals surface area contributed by atoms with Crippen molar-refractivity contribution in [1.82, 2.24) is 0 Å². The van der Waals surface area contributed by atoms with E-state index in [0.717, 1.165) is 0 Å². The zero-order chi connectivity index (χ0) is 4.99. The van der Waals surface area contributed by atoms with Gasteiger partial charge in [-0.25, -0.2) is 4.79 Å². The van der Waals surface area contributed by atoms with Crippen LogP contribution in [0.25, 0.3) is 0 Å². The van der Waals surface area contributed by atoms with Gasteiger partial charge in [0.15, 0.2) is 3.90 Å². The number of nitrogens with zero attached hydrogens (tertiary/aromatic N) is 1. The first-order valence-corrected chi connectivity index (χ1v) is 2.25. The molecule has 6 heavy (non-hydrogen) atoms. The summed E-state index contributed by atoms with van der Waals surface area (Å²) >= 11 is 7.02. The van der Waals surface area contributed by atoms with Crippen molar-refractivity contribution in [3.63, 3.8) is 0 Å². The zero-order valence-electron chi connectivity index (χ0n) is 2.64. The van der Waals surface area contributed by atoms with Crippen LogP contribution in [0.5, 0.6) is 0 Å². The molecular weight excluding hydrogens is 166 g/mol. The van der Waals surface area contributed by atoms with E-state index in [2.05, 4.69) is 33.1 Å². The first-order valence-electron chi connectivity index (χ1n) is 1.04. The van der Waals surface area contributed by atoms with Gasteiger partial charge in [-0.15, -0.1) is 4.99 Å². The summed E-state index contributed by atoms with van der Waals surface area (Å²) in [6, 6.07) is 0. The Kier molecular flexibility index (Phi) is 3.13. The van der Waals surface area contributed by atoms with E-state index >= 15 is 0 Å². The fraction of sp³-hybridized carbons (Fsp3) is 0. The molecule has 0 saturated heterocycles. The zero-order valence-corrected chi connectivity index (χ0v) is 5.04. The summed E-state index contributed by atoms with van der Waals surface area (Å²) in [5.41, 5.74) is 0. The van der Waals surface area contributed by atoms with Gasteiger partial charge >= 0.3 is 0 Å². The molecular formula is C2BrNOS. The monoisotopic (exact) mass is 165 g/mol. The van der Waals surface area contributed by atoms with E-state index in [9.17, 15) is 4.79 Å². The molecule has 0 spiro atoms. The van der Waals surface area contributed by atoms with Gasteiger partial charge in [-0.2, -0.15) is 0 Å². The molecule has 0 radical (unpaired) electrons. The molecule has 0 aliphatic heterocycles. The lowest BCUT2D eigenvalue weighted by Crippen LogP contribution is -1.64. The molecule has 0 amide bonds. The van der Waals surface area contributed by atoms with Crippen LogP contribution in [0.15, 0.2) is 4.99 Å². The molecule has 0 heterocycles. The van der Waals surface area contributed by atoms with Gasteiger partial charge in [-0.1, -0.05) is 0 Å². The molecule has 0 aliphatic carbocycles. The van der Waals surface area contributed by atoms with Crippen LogP contribution in [0.1, 0.15) is 0 Å². The Morgan fingerprint density at radius 1 is 2.00 bits per heavy atom. The van der Waals surface area contributed by atoms with Gasteiger partial charge < -0.3 is 0 Å². The summed E-state index contributed by atoms with van der Waals surface area (Å²) in [6.45, 7) is 0. The van der Waals surface area contributed by atoms with Gasteiger partial charge in [-0.05, 0) is 28.1 Å². The SMILES string of the molecule is O=C=NC(=S)Br. The summed E-state index contributed by atoms with van der Waals surface area (Å²) in [6.07, 6.45) is 1.25. The fourth-order valence-corrected chi connectivity index (χ4v) is 0.146. The third-order valence-corrected chi connectivity index (χ3v) is 0.402. The van der Waals surface area contributed by atoms with Crippen molar-refractivity contribution in [2.45, 2.75) is 0 Å². The van der Waals surface area contributed by atoms with E-state index in [1.54, 1.807) is 0 Å². The topological polar surface area (TPSA) is 29.4 Å². The summed E-state index contributed by atoms with van der Waals surface area (Å²) in [7, 11) is 0. The number of aliphatic imine (C=N–C) groups is 1. The van der Waals surface area contributed by atoms with Crippen LogP contribution in [-0.2, 0) is 4.79 Å². The lowest BCUT2D eigenvalue weighted by molar-refractivity contribution is 0.566. The fourth-order valence-electron chi connectivity index (χ4n) is 0.0359. The molecule has 0 unspecified atom stereocenters. The van der Waals surface area contributed by atoms with Crippen LogP contribution >= 0.6 is 28.1 Å². The van der Waals surface area contributed by atoms with Crippen molar-refractivity contribution in [2.75, 3.05) is 0 Å². The minimum Gasteiger partial charge on any atom is -0.211 e. The van der Waals surface area contributed by atoms with Crippen molar-refractivity contribution >= 4 is 38.1 Å². The molecule has 0 aromatic rings. The highest BCUT2D eigenvalue weighted by atomic mass is 79.9. The van der Waals surface area contributed by atoms with Gasteiger partial charge in [0.05, 0.1) is 0 Å². The lowest BCUT2D eigenvalue weighted by Gasteiger charge is -1.63. The Bertz CT molecular complexity index is 106. The Hall–Kier alpha value is -0.0500. The quantitative estimate of drug-likeness (QED) is 0.176. The minimum atomic E-state index is 0.137. The van der Waals surface area contributed by atoms with Crippen LogP contribution in [0, 0.1) is 0 Å². The van der Waals surface area contributed by atoms with Crippen molar-refractivity contribution in [1.29, 1.82) is 0 Å². The molecule has 0 fully saturated rings. The summed E-state index contributed by atoms with van der Waals surface area (Å²) < 4.78 is 0.137. The smallest absolute Gasteiger partial charge is 0.211 e. The largest absolute Gasteiger partial charge is 0.241 e. The number of carbonyl (C=O) groups excluding carboxylic acids is 1. The second-order valence-corrected chi connectivity index (χ2v) is 2.12. The normalized spacial score (nSPS) is 6.17. The second kappa shape index (κ2) is 3.15. The maximum absolute atomic E-state index is 9.21. The predicted octanol–water partition coefficient (Wildman–Crippen LogP) is 1.00. The Morgan fingerprint density at radius 3 is 2.50 bits per heavy atom. The Morgan fingerprint density at radius 2 is 2.50 bits per heavy atom. The van der Waals surface area contributed by atoms with E-state index in [-0.39, 0.29) is 3.90 Å². The summed E-state index contributed by atoms with van der Waals surface area (Å²) in [5, 5.41) is 0. The van der Waals surface area contributed by atoms with E-state index in [4.69, 9.17) is 0 Å². The molecule has 0 aromatic heterocycles. The number of isocyanates is 1. The van der Waals surface area contributed by atoms with Crippen molar-refractivity contribution < 1.29 is 4.79 Å². The van der Waals surface area contributed by atoms with Gasteiger partial charge in [0.1, 0.15) is 0 Å². The number of hydrogen-bond donors (Lipinski definition) is 0. The average Bonchev–Trinajstić information content (AvgIpc) is 1.35. The first kappa shape index (κ1) is 5.95. The van der Waals surface area contributed by atoms with Crippen molar-refractivity contribution in [3.8, 4) is 0 Å². The standard InChI is InChI=1S/C2BrNOS/c3-2(6)4-1-5. The third-order valence-electron chi connectivity index (χ3n) is 0.134. The highest BCUT2D eigenvalue weighted by Gasteiger charge is 1.72. The maximum atomic E-state index is 9.21. The van der Waals surface area contributed by atoms with Crippen LogP contribution < -0.4 is 0 Å². The predicted molar refractivity (Wildman–Crippen MR) is 29.6 cm³/mol. The van der Waals surface area contributed by atoms with Gasteiger partial charge in [0.25, 0.3) is 0 Å². The van der Waals surface area contributed by atoms with Crippen molar-refractivity contribution in [2.24, 2.45) is 4.99 Å². The van der Waals surface area contributed by atoms with E-state index in [1.165, 1.54) is 6.08 Å². The van der Waals surface area contributed by atoms with Gasteiger partial charge in [-0.3, -0.25) is 0 Å². The molecule has 2 nitrogen and oxygen atoms in total. The highest BCUT2D eigenvalue weighted by Crippen LogP contribution is 1.85. The molecule has 0 atom stereocenters. The molecule has 4 heteroatoms. The van der Waals surface area contributed by atoms with Crippen molar-refractivity contribution in [3.05, 3.63) is 0 Å². The van der Waals surface area contributed by atoms with Gasteiger partial charge in [0, 0.05) is 0 Å². The molecule has 0 rings (SSSR count). The first-order chi connectivity index (χ1) is 2.77. The molecule has 0 aliphatic rings. The molecule has 32 valence electrons. The van der Waals surface area contributed by atoms with Crippen LogP contribution in [-0.4, -0.2) is 9.98 Å². The second-order valence-electron chi connectivity index (χ2n) is 0.456. The Labute approximate surface area is 48.4 Å². The highest BCUT2D eigenvalue weighted by molar-refractivity contribution is 9.20.